The summed E-state index contributed by atoms with van der Waals surface area (Å²) in [6.07, 6.45) is 0. The summed E-state index contributed by atoms with van der Waals surface area (Å²) in [5, 5.41) is 3.26. The van der Waals surface area contributed by atoms with E-state index in [2.05, 4.69) is 10.3 Å². The van der Waals surface area contributed by atoms with Crippen LogP contribution in [0.15, 0.2) is 52.9 Å². The summed E-state index contributed by atoms with van der Waals surface area (Å²) in [7, 11) is 1.65. The number of benzene rings is 2. The molecule has 0 saturated carbocycles. The van der Waals surface area contributed by atoms with Crippen molar-refractivity contribution in [2.24, 2.45) is 0 Å². The average Bonchev–Trinajstić information content (AvgIpc) is 2.88. The largest absolute Gasteiger partial charge is 0.497 e. The third-order valence-corrected chi connectivity index (χ3v) is 2.87. The molecule has 0 atom stereocenters. The fourth-order valence-electron chi connectivity index (χ4n) is 1.88. The molecule has 0 spiro atoms. The Morgan fingerprint density at radius 3 is 2.63 bits per heavy atom. The van der Waals surface area contributed by atoms with Crippen molar-refractivity contribution in [1.82, 2.24) is 4.98 Å². The molecular weight excluding hydrogens is 240 g/mol. The highest BCUT2D eigenvalue weighted by Crippen LogP contribution is 2.18. The maximum absolute atomic E-state index is 5.64. The van der Waals surface area contributed by atoms with E-state index in [1.54, 1.807) is 7.11 Å². The number of oxazole rings is 1. The molecule has 1 N–H and O–H groups in total. The third-order valence-electron chi connectivity index (χ3n) is 2.87. The zero-order valence-corrected chi connectivity index (χ0v) is 10.6. The minimum Gasteiger partial charge on any atom is -0.497 e. The van der Waals surface area contributed by atoms with Gasteiger partial charge in [-0.25, -0.2) is 4.98 Å². The number of hydrogen-bond acceptors (Lipinski definition) is 4. The van der Waals surface area contributed by atoms with Crippen molar-refractivity contribution < 1.29 is 9.15 Å². The smallest absolute Gasteiger partial charge is 0.214 e. The van der Waals surface area contributed by atoms with Gasteiger partial charge in [-0.2, -0.15) is 0 Å². The molecule has 0 amide bonds. The average molecular weight is 254 g/mol. The quantitative estimate of drug-likeness (QED) is 0.774. The van der Waals surface area contributed by atoms with Crippen LogP contribution in [0.4, 0.5) is 5.69 Å². The maximum Gasteiger partial charge on any atom is 0.214 e. The van der Waals surface area contributed by atoms with E-state index in [1.807, 2.05) is 48.5 Å². The molecule has 0 fully saturated rings. The van der Waals surface area contributed by atoms with Gasteiger partial charge in [0.25, 0.3) is 0 Å². The fourth-order valence-corrected chi connectivity index (χ4v) is 1.88. The highest BCUT2D eigenvalue weighted by Gasteiger charge is 2.04. The molecule has 19 heavy (non-hydrogen) atoms. The molecule has 1 aromatic heterocycles. The molecule has 3 aromatic rings. The van der Waals surface area contributed by atoms with Gasteiger partial charge in [0.05, 0.1) is 13.7 Å². The Morgan fingerprint density at radius 1 is 1.11 bits per heavy atom. The number of anilines is 1. The Bertz CT molecular complexity index is 641. The number of fused-ring (bicyclic) bond motifs is 1. The third kappa shape index (κ3) is 2.52. The first-order chi connectivity index (χ1) is 9.35. The number of para-hydroxylation sites is 2. The van der Waals surface area contributed by atoms with Crippen molar-refractivity contribution in [3.8, 4) is 5.75 Å². The Labute approximate surface area is 111 Å². The molecule has 0 saturated heterocycles. The number of nitrogens with one attached hydrogen (secondary N) is 1. The van der Waals surface area contributed by atoms with Gasteiger partial charge in [0.15, 0.2) is 5.58 Å². The zero-order valence-electron chi connectivity index (χ0n) is 10.6. The van der Waals surface area contributed by atoms with Crippen molar-refractivity contribution >= 4 is 16.8 Å². The Hall–Kier alpha value is -2.49. The van der Waals surface area contributed by atoms with Gasteiger partial charge in [-0.15, -0.1) is 0 Å². The predicted molar refractivity (Wildman–Crippen MR) is 74.3 cm³/mol. The van der Waals surface area contributed by atoms with Crippen molar-refractivity contribution in [1.29, 1.82) is 0 Å². The molecule has 2 aromatic carbocycles. The van der Waals surface area contributed by atoms with Crippen LogP contribution in [-0.4, -0.2) is 12.1 Å². The second kappa shape index (κ2) is 5.02. The number of ether oxygens (including phenoxy) is 1. The highest BCUT2D eigenvalue weighted by molar-refractivity contribution is 5.72. The maximum atomic E-state index is 5.64. The topological polar surface area (TPSA) is 47.3 Å². The van der Waals surface area contributed by atoms with Gasteiger partial charge in [0, 0.05) is 5.69 Å². The van der Waals surface area contributed by atoms with Crippen LogP contribution in [0.25, 0.3) is 11.1 Å². The van der Waals surface area contributed by atoms with Crippen LogP contribution in [0.3, 0.4) is 0 Å². The number of nitrogens with zero attached hydrogens (tertiary/aromatic N) is 1. The number of rotatable bonds is 4. The van der Waals surface area contributed by atoms with E-state index in [-0.39, 0.29) is 0 Å². The molecule has 0 aliphatic rings. The fraction of sp³-hybridized carbons (Fsp3) is 0.133. The zero-order chi connectivity index (χ0) is 13.1. The normalized spacial score (nSPS) is 10.6. The van der Waals surface area contributed by atoms with Crippen molar-refractivity contribution in [3.05, 3.63) is 54.4 Å². The molecule has 96 valence electrons. The summed E-state index contributed by atoms with van der Waals surface area (Å²) >= 11 is 0. The monoisotopic (exact) mass is 254 g/mol. The minimum absolute atomic E-state index is 0.557. The molecule has 4 heteroatoms. The van der Waals surface area contributed by atoms with E-state index in [4.69, 9.17) is 9.15 Å². The van der Waals surface area contributed by atoms with Crippen LogP contribution in [0.2, 0.25) is 0 Å². The Balaban J connectivity index is 1.70. The number of aromatic nitrogens is 1. The van der Waals surface area contributed by atoms with Crippen LogP contribution >= 0.6 is 0 Å². The van der Waals surface area contributed by atoms with Crippen LogP contribution in [-0.2, 0) is 6.54 Å². The van der Waals surface area contributed by atoms with E-state index in [9.17, 15) is 0 Å². The minimum atomic E-state index is 0.557. The summed E-state index contributed by atoms with van der Waals surface area (Å²) in [6.45, 7) is 0.557. The van der Waals surface area contributed by atoms with Gasteiger partial charge >= 0.3 is 0 Å². The lowest BCUT2D eigenvalue weighted by Crippen LogP contribution is -1.99. The molecule has 0 radical (unpaired) electrons. The highest BCUT2D eigenvalue weighted by atomic mass is 16.5. The molecule has 4 nitrogen and oxygen atoms in total. The lowest BCUT2D eigenvalue weighted by molar-refractivity contribution is 0.415. The molecule has 0 aliphatic heterocycles. The summed E-state index contributed by atoms with van der Waals surface area (Å²) in [5.41, 5.74) is 2.70. The molecular formula is C15H14N2O2. The van der Waals surface area contributed by atoms with Gasteiger partial charge in [-0.1, -0.05) is 12.1 Å². The molecule has 0 aliphatic carbocycles. The summed E-state index contributed by atoms with van der Waals surface area (Å²) in [5.74, 6) is 1.52. The molecule has 0 unspecified atom stereocenters. The van der Waals surface area contributed by atoms with E-state index in [0.717, 1.165) is 22.5 Å². The second-order valence-electron chi connectivity index (χ2n) is 4.16. The van der Waals surface area contributed by atoms with Gasteiger partial charge in [0.1, 0.15) is 11.3 Å². The van der Waals surface area contributed by atoms with E-state index in [1.165, 1.54) is 0 Å². The first kappa shape index (κ1) is 11.6. The lowest BCUT2D eigenvalue weighted by atomic mass is 10.3. The SMILES string of the molecule is COc1ccc(NCc2nc3ccccc3o2)cc1. The van der Waals surface area contributed by atoms with Crippen LogP contribution in [0.1, 0.15) is 5.89 Å². The van der Waals surface area contributed by atoms with E-state index >= 15 is 0 Å². The first-order valence-electron chi connectivity index (χ1n) is 6.07. The van der Waals surface area contributed by atoms with Crippen molar-refractivity contribution in [3.63, 3.8) is 0 Å². The Morgan fingerprint density at radius 2 is 1.89 bits per heavy atom. The molecule has 3 rings (SSSR count). The van der Waals surface area contributed by atoms with E-state index in [0.29, 0.717) is 12.4 Å². The Kier molecular flexibility index (Phi) is 3.06. The van der Waals surface area contributed by atoms with Crippen LogP contribution in [0.5, 0.6) is 5.75 Å². The first-order valence-corrected chi connectivity index (χ1v) is 6.07. The predicted octanol–water partition coefficient (Wildman–Crippen LogP) is 3.45. The number of methoxy groups -OCH3 is 1. The van der Waals surface area contributed by atoms with Crippen LogP contribution in [0, 0.1) is 0 Å². The van der Waals surface area contributed by atoms with E-state index < -0.39 is 0 Å². The standard InChI is InChI=1S/C15H14N2O2/c1-18-12-8-6-11(7-9-12)16-10-15-17-13-4-2-3-5-14(13)19-15/h2-9,16H,10H2,1H3. The van der Waals surface area contributed by atoms with Crippen LogP contribution < -0.4 is 10.1 Å². The van der Waals surface area contributed by atoms with Crippen molar-refractivity contribution in [2.45, 2.75) is 6.54 Å². The summed E-state index contributed by atoms with van der Waals surface area (Å²) in [4.78, 5) is 4.41. The van der Waals surface area contributed by atoms with Gasteiger partial charge in [0.2, 0.25) is 5.89 Å². The van der Waals surface area contributed by atoms with Crippen molar-refractivity contribution in [2.75, 3.05) is 12.4 Å². The van der Waals surface area contributed by atoms with Gasteiger partial charge < -0.3 is 14.5 Å². The lowest BCUT2D eigenvalue weighted by Gasteiger charge is -2.04. The molecule has 0 bridgehead atoms. The summed E-state index contributed by atoms with van der Waals surface area (Å²) in [6, 6.07) is 15.5. The molecule has 1 heterocycles. The second-order valence-corrected chi connectivity index (χ2v) is 4.16. The summed E-state index contributed by atoms with van der Waals surface area (Å²) < 4.78 is 10.7. The van der Waals surface area contributed by atoms with Gasteiger partial charge in [-0.3, -0.25) is 0 Å². The van der Waals surface area contributed by atoms with Gasteiger partial charge in [-0.05, 0) is 36.4 Å². The number of hydrogen-bond donors (Lipinski definition) is 1.